The first-order valence-electron chi connectivity index (χ1n) is 7.24. The number of benzene rings is 1. The fourth-order valence-corrected chi connectivity index (χ4v) is 2.06. The number of nitriles is 1. The predicted octanol–water partition coefficient (Wildman–Crippen LogP) is 3.73. The van der Waals surface area contributed by atoms with Crippen LogP contribution in [0.1, 0.15) is 16.8 Å². The lowest BCUT2D eigenvalue weighted by atomic mass is 10.1. The van der Waals surface area contributed by atoms with Crippen LogP contribution in [0.25, 0.3) is 0 Å². The molecular formula is C16H14BBrF4N2O2. The van der Waals surface area contributed by atoms with E-state index in [1.807, 2.05) is 30.3 Å². The lowest BCUT2D eigenvalue weighted by molar-refractivity contribution is -0.674. The molecule has 0 aliphatic rings. The Morgan fingerprint density at radius 3 is 2.31 bits per heavy atom. The quantitative estimate of drug-likeness (QED) is 0.320. The largest absolute Gasteiger partial charge is 0.673 e. The Bertz CT molecular complexity index is 786. The number of nitrogens with zero attached hydrogens (tertiary/aromatic N) is 2. The van der Waals surface area contributed by atoms with Crippen molar-refractivity contribution < 1.29 is 31.4 Å². The van der Waals surface area contributed by atoms with Crippen molar-refractivity contribution in [3.63, 3.8) is 0 Å². The van der Waals surface area contributed by atoms with Gasteiger partial charge in [-0.1, -0.05) is 28.1 Å². The summed E-state index contributed by atoms with van der Waals surface area (Å²) in [6.45, 7) is 0.172. The number of ether oxygens (including phenoxy) is 1. The predicted molar refractivity (Wildman–Crippen MR) is 90.2 cm³/mol. The zero-order chi connectivity index (χ0) is 19.7. The maximum absolute atomic E-state index is 11.8. The Labute approximate surface area is 156 Å². The van der Waals surface area contributed by atoms with Crippen molar-refractivity contribution in [1.29, 1.82) is 5.26 Å². The first-order chi connectivity index (χ1) is 12.1. The third-order valence-electron chi connectivity index (χ3n) is 2.99. The molecule has 0 aliphatic heterocycles. The molecule has 0 radical (unpaired) electrons. The molecule has 0 unspecified atom stereocenters. The molecule has 1 aromatic heterocycles. The second-order valence-electron chi connectivity index (χ2n) is 5.10. The molecule has 0 amide bonds. The fourth-order valence-electron chi connectivity index (χ4n) is 1.80. The minimum Gasteiger partial charge on any atom is -0.461 e. The maximum atomic E-state index is 11.8. The van der Waals surface area contributed by atoms with Crippen molar-refractivity contribution in [3.05, 3.63) is 63.9 Å². The van der Waals surface area contributed by atoms with Gasteiger partial charge in [0.1, 0.15) is 13.7 Å². The number of carbonyl (C=O) groups excluding carboxylic acids is 1. The molecule has 4 nitrogen and oxygen atoms in total. The zero-order valence-corrected chi connectivity index (χ0v) is 15.2. The summed E-state index contributed by atoms with van der Waals surface area (Å²) < 4.78 is 46.9. The third-order valence-corrected chi connectivity index (χ3v) is 3.52. The van der Waals surface area contributed by atoms with Crippen LogP contribution >= 0.6 is 15.9 Å². The van der Waals surface area contributed by atoms with Crippen LogP contribution in [-0.2, 0) is 29.6 Å². The molecule has 138 valence electrons. The molecule has 26 heavy (non-hydrogen) atoms. The van der Waals surface area contributed by atoms with Crippen LogP contribution in [-0.4, -0.2) is 13.2 Å². The first kappa shape index (κ1) is 21.6. The van der Waals surface area contributed by atoms with Crippen LogP contribution in [0.2, 0.25) is 0 Å². The summed E-state index contributed by atoms with van der Waals surface area (Å²) in [5.41, 5.74) is 2.23. The molecule has 0 saturated heterocycles. The maximum Gasteiger partial charge on any atom is 0.673 e. The summed E-state index contributed by atoms with van der Waals surface area (Å²) in [5, 5.41) is 8.96. The molecule has 0 saturated carbocycles. The highest BCUT2D eigenvalue weighted by atomic mass is 79.9. The molecule has 1 aromatic carbocycles. The Morgan fingerprint density at radius 1 is 1.19 bits per heavy atom. The van der Waals surface area contributed by atoms with Gasteiger partial charge in [-0.15, -0.1) is 0 Å². The number of rotatable bonds is 4. The molecule has 2 rings (SSSR count). The van der Waals surface area contributed by atoms with Crippen LogP contribution in [0.3, 0.4) is 0 Å². The molecule has 0 spiro atoms. The van der Waals surface area contributed by atoms with Crippen LogP contribution < -0.4 is 4.57 Å². The lowest BCUT2D eigenvalue weighted by Gasteiger charge is -2.05. The van der Waals surface area contributed by atoms with Crippen LogP contribution in [0.4, 0.5) is 17.3 Å². The number of esters is 1. The topological polar surface area (TPSA) is 54.0 Å². The summed E-state index contributed by atoms with van der Waals surface area (Å²) in [7, 11) is -4.21. The third kappa shape index (κ3) is 9.18. The summed E-state index contributed by atoms with van der Waals surface area (Å²) in [6.07, 6.45) is 2.01. The highest BCUT2D eigenvalue weighted by molar-refractivity contribution is 9.10. The average Bonchev–Trinajstić information content (AvgIpc) is 2.55. The lowest BCUT2D eigenvalue weighted by Crippen LogP contribution is -2.31. The minimum atomic E-state index is -6.00. The highest BCUT2D eigenvalue weighted by Crippen LogP contribution is 2.11. The molecule has 1 heterocycles. The van der Waals surface area contributed by atoms with Gasteiger partial charge in [-0.3, -0.25) is 4.79 Å². The average molecular weight is 433 g/mol. The van der Waals surface area contributed by atoms with Gasteiger partial charge < -0.3 is 22.0 Å². The van der Waals surface area contributed by atoms with Crippen LogP contribution in [0, 0.1) is 11.3 Å². The number of aromatic nitrogens is 1. The summed E-state index contributed by atoms with van der Waals surface area (Å²) >= 11 is 3.35. The van der Waals surface area contributed by atoms with Crippen molar-refractivity contribution in [2.45, 2.75) is 13.0 Å². The molecule has 0 atom stereocenters. The smallest absolute Gasteiger partial charge is 0.461 e. The number of aryl methyl sites for hydroxylation is 1. The Hall–Kier alpha value is -2.41. The monoisotopic (exact) mass is 432 g/mol. The van der Waals surface area contributed by atoms with E-state index in [0.717, 1.165) is 15.6 Å². The molecule has 0 fully saturated rings. The molecule has 0 aliphatic carbocycles. The molecule has 0 N–H and O–H groups in total. The van der Waals surface area contributed by atoms with Crippen molar-refractivity contribution in [1.82, 2.24) is 0 Å². The number of hydrogen-bond donors (Lipinski definition) is 0. The molecular weight excluding hydrogens is 419 g/mol. The van der Waals surface area contributed by atoms with Gasteiger partial charge in [-0.05, 0) is 17.7 Å². The second kappa shape index (κ2) is 9.92. The van der Waals surface area contributed by atoms with E-state index in [4.69, 9.17) is 10.00 Å². The number of hydrogen-bond acceptors (Lipinski definition) is 3. The van der Waals surface area contributed by atoms with E-state index in [-0.39, 0.29) is 19.0 Å². The van der Waals surface area contributed by atoms with Crippen molar-refractivity contribution in [3.8, 4) is 6.07 Å². The van der Waals surface area contributed by atoms with Gasteiger partial charge in [-0.2, -0.15) is 9.83 Å². The highest BCUT2D eigenvalue weighted by Gasteiger charge is 2.20. The standard InChI is InChI=1S/C16H14BrN2O2.BF4/c1-19-7-6-13(8-15(19)10-18)11-21-16(20)9-12-2-4-14(17)5-3-12;2-1(3,4)5/h2-8H,9,11H2,1H3;/q+1;-1. The van der Waals surface area contributed by atoms with Gasteiger partial charge in [0, 0.05) is 22.2 Å². The van der Waals surface area contributed by atoms with E-state index in [1.165, 1.54) is 0 Å². The van der Waals surface area contributed by atoms with Gasteiger partial charge in [-0.25, -0.2) is 0 Å². The summed E-state index contributed by atoms with van der Waals surface area (Å²) in [5.74, 6) is -0.288. The molecule has 10 heteroatoms. The number of pyridine rings is 1. The van der Waals surface area contributed by atoms with Gasteiger partial charge >= 0.3 is 13.2 Å². The Balaban J connectivity index is 0.000000597. The Kier molecular flexibility index (Phi) is 8.25. The van der Waals surface area contributed by atoms with Gasteiger partial charge in [0.05, 0.1) is 6.42 Å². The van der Waals surface area contributed by atoms with E-state index in [9.17, 15) is 22.1 Å². The summed E-state index contributed by atoms with van der Waals surface area (Å²) in [6, 6.07) is 13.2. The van der Waals surface area contributed by atoms with Gasteiger partial charge in [0.25, 0.3) is 5.69 Å². The number of carbonyl (C=O) groups is 1. The van der Waals surface area contributed by atoms with Crippen molar-refractivity contribution in [2.24, 2.45) is 7.05 Å². The van der Waals surface area contributed by atoms with Crippen molar-refractivity contribution >= 4 is 29.2 Å². The van der Waals surface area contributed by atoms with Crippen LogP contribution in [0.15, 0.2) is 47.1 Å². The van der Waals surface area contributed by atoms with E-state index in [2.05, 4.69) is 22.0 Å². The Morgan fingerprint density at radius 2 is 1.77 bits per heavy atom. The van der Waals surface area contributed by atoms with E-state index in [1.54, 1.807) is 23.9 Å². The SMILES string of the molecule is C[n+]1ccc(COC(=O)Cc2ccc(Br)cc2)cc1C#N.F[B-](F)(F)F. The van der Waals surface area contributed by atoms with Gasteiger partial charge in [0.2, 0.25) is 0 Å². The molecule has 2 aromatic rings. The minimum absolute atomic E-state index is 0.172. The molecule has 0 bridgehead atoms. The summed E-state index contributed by atoms with van der Waals surface area (Å²) in [4.78, 5) is 11.8. The van der Waals surface area contributed by atoms with Crippen LogP contribution in [0.5, 0.6) is 0 Å². The van der Waals surface area contributed by atoms with E-state index in [0.29, 0.717) is 5.69 Å². The van der Waals surface area contributed by atoms with E-state index >= 15 is 0 Å². The number of halogens is 5. The second-order valence-corrected chi connectivity index (χ2v) is 6.02. The first-order valence-corrected chi connectivity index (χ1v) is 8.04. The zero-order valence-electron chi connectivity index (χ0n) is 13.6. The van der Waals surface area contributed by atoms with E-state index < -0.39 is 7.25 Å². The fraction of sp³-hybridized carbons (Fsp3) is 0.188. The van der Waals surface area contributed by atoms with Crippen molar-refractivity contribution in [2.75, 3.05) is 0 Å². The normalized spacial score (nSPS) is 10.3. The van der Waals surface area contributed by atoms with Gasteiger partial charge in [0.15, 0.2) is 12.3 Å².